The zero-order valence-electron chi connectivity index (χ0n) is 45.1. The van der Waals surface area contributed by atoms with Gasteiger partial charge in [0, 0.05) is 19.3 Å². The molecule has 0 saturated heterocycles. The zero-order valence-corrected chi connectivity index (χ0v) is 46.0. The maximum Gasteiger partial charge on any atom is 0.472 e. The van der Waals surface area contributed by atoms with Crippen molar-refractivity contribution in [1.82, 2.24) is 0 Å². The monoisotopic (exact) mass is 1030 g/mol. The van der Waals surface area contributed by atoms with Crippen LogP contribution in [0.15, 0.2) is 109 Å². The van der Waals surface area contributed by atoms with Crippen LogP contribution in [0, 0.1) is 0 Å². The lowest BCUT2D eigenvalue weighted by molar-refractivity contribution is -0.161. The van der Waals surface area contributed by atoms with E-state index >= 15 is 0 Å². The van der Waals surface area contributed by atoms with Gasteiger partial charge in [0.15, 0.2) is 6.10 Å². The molecule has 2 N–H and O–H groups in total. The Kier molecular flexibility index (Phi) is 50.6. The Morgan fingerprint density at radius 3 is 1.14 bits per heavy atom. The number of aliphatic hydroxyl groups excluding tert-OH is 1. The van der Waals surface area contributed by atoms with Crippen LogP contribution in [0.25, 0.3) is 0 Å². The number of ether oxygens (including phenoxy) is 3. The van der Waals surface area contributed by atoms with Crippen LogP contribution in [0.2, 0.25) is 0 Å². The lowest BCUT2D eigenvalue weighted by Gasteiger charge is -2.21. The van der Waals surface area contributed by atoms with Crippen molar-refractivity contribution in [2.24, 2.45) is 0 Å². The molecule has 0 fully saturated rings. The van der Waals surface area contributed by atoms with E-state index in [-0.39, 0.29) is 25.9 Å². The number of rotatable bonds is 50. The van der Waals surface area contributed by atoms with Crippen LogP contribution in [-0.4, -0.2) is 66.5 Å². The first-order valence-corrected chi connectivity index (χ1v) is 29.3. The van der Waals surface area contributed by atoms with Gasteiger partial charge in [0.05, 0.1) is 19.8 Å². The molecule has 0 bridgehead atoms. The molecular weight excluding hydrogens is 928 g/mol. The number of allylic oxidation sites excluding steroid dienone is 18. The first-order chi connectivity index (χ1) is 35.2. The minimum absolute atomic E-state index is 0.116. The Labute approximate surface area is 437 Å². The molecular formula is C60H99O11P. The summed E-state index contributed by atoms with van der Waals surface area (Å²) in [6, 6.07) is 0. The number of aliphatic hydroxyl groups is 1. The third kappa shape index (κ3) is 51.1. The number of hydrogen-bond acceptors (Lipinski definition) is 10. The molecule has 3 unspecified atom stereocenters. The summed E-state index contributed by atoms with van der Waals surface area (Å²) in [6.45, 7) is 4.30. The highest BCUT2D eigenvalue weighted by Crippen LogP contribution is 2.43. The smallest absolute Gasteiger partial charge is 0.462 e. The third-order valence-corrected chi connectivity index (χ3v) is 12.1. The number of hydrogen-bond donors (Lipinski definition) is 2. The lowest BCUT2D eigenvalue weighted by Crippen LogP contribution is -2.30. The molecule has 0 amide bonds. The summed E-state index contributed by atoms with van der Waals surface area (Å²) < 4.78 is 39.4. The summed E-state index contributed by atoms with van der Waals surface area (Å²) in [4.78, 5) is 48.4. The van der Waals surface area contributed by atoms with E-state index in [4.69, 9.17) is 23.3 Å². The highest BCUT2D eigenvalue weighted by Gasteiger charge is 2.28. The highest BCUT2D eigenvalue weighted by molar-refractivity contribution is 7.47. The van der Waals surface area contributed by atoms with Crippen molar-refractivity contribution < 1.29 is 52.2 Å². The number of unbranched alkanes of at least 4 members (excludes halogenated alkanes) is 15. The van der Waals surface area contributed by atoms with Crippen LogP contribution < -0.4 is 0 Å². The van der Waals surface area contributed by atoms with Crippen LogP contribution in [0.5, 0.6) is 0 Å². The number of carbonyl (C=O) groups excluding carboxylic acids is 3. The largest absolute Gasteiger partial charge is 0.472 e. The quantitative estimate of drug-likeness (QED) is 0.0197. The van der Waals surface area contributed by atoms with Gasteiger partial charge in [-0.3, -0.25) is 23.4 Å². The second kappa shape index (κ2) is 53.4. The topological polar surface area (TPSA) is 155 Å². The zero-order chi connectivity index (χ0) is 52.7. The summed E-state index contributed by atoms with van der Waals surface area (Å²) in [5.41, 5.74) is 0. The van der Waals surface area contributed by atoms with Crippen LogP contribution in [0.4, 0.5) is 0 Å². The first-order valence-electron chi connectivity index (χ1n) is 27.8. The Morgan fingerprint density at radius 1 is 0.403 bits per heavy atom. The maximum absolute atomic E-state index is 12.9. The molecule has 0 heterocycles. The molecule has 0 radical (unpaired) electrons. The van der Waals surface area contributed by atoms with E-state index in [1.54, 1.807) is 0 Å². The van der Waals surface area contributed by atoms with Crippen molar-refractivity contribution in [2.75, 3.05) is 26.4 Å². The van der Waals surface area contributed by atoms with E-state index in [0.29, 0.717) is 19.3 Å². The number of phosphoric ester groups is 1. The molecule has 0 aliphatic carbocycles. The molecule has 0 aliphatic heterocycles. The second-order valence-corrected chi connectivity index (χ2v) is 19.4. The molecule has 410 valence electrons. The fourth-order valence-corrected chi connectivity index (χ4v) is 7.76. The van der Waals surface area contributed by atoms with Gasteiger partial charge in [-0.2, -0.15) is 0 Å². The SMILES string of the molecule is CC/C=C\C/C=C\C/C=C\C/C=C\C/C=C\CCCCCC(=O)OC(COC(=O)CCCCC/C=C\C/C=C\C/C=C\CC)COP(=O)(O)OCC(CO)OC(=O)CCCCCCC/C=C\CCCCCC. The van der Waals surface area contributed by atoms with Gasteiger partial charge in [0.1, 0.15) is 12.7 Å². The van der Waals surface area contributed by atoms with Gasteiger partial charge < -0.3 is 24.2 Å². The standard InChI is InChI=1S/C60H99O11P/c1-4-7-10-13-16-19-22-25-26-27-28-29-30-33-36-39-42-45-48-51-60(64)71-57(53-67-58(62)49-46-43-40-37-34-31-23-20-17-14-11-8-5-2)55-69-72(65,66)68-54-56(52-61)70-59(63)50-47-44-41-38-35-32-24-21-18-15-12-9-6-3/h7-8,10-11,16-17,19-21,24-26,28-29,31,33-34,36,56-57,61H,4-6,9,12-15,18,22-23,27,30,32,35,37-55H2,1-3H3,(H,65,66)/b10-7-,11-8-,19-16-,20-17-,24-21-,26-25-,29-28-,34-31-,36-33-. The molecule has 72 heavy (non-hydrogen) atoms. The summed E-state index contributed by atoms with van der Waals surface area (Å²) in [6.07, 6.45) is 63.4. The number of esters is 3. The summed E-state index contributed by atoms with van der Waals surface area (Å²) >= 11 is 0. The van der Waals surface area contributed by atoms with Crippen LogP contribution in [0.3, 0.4) is 0 Å². The summed E-state index contributed by atoms with van der Waals surface area (Å²) in [7, 11) is -4.77. The van der Waals surface area contributed by atoms with E-state index in [2.05, 4.69) is 130 Å². The minimum Gasteiger partial charge on any atom is -0.462 e. The van der Waals surface area contributed by atoms with Crippen LogP contribution in [-0.2, 0) is 42.2 Å². The molecule has 0 aromatic heterocycles. The molecule has 0 aliphatic rings. The van der Waals surface area contributed by atoms with Gasteiger partial charge in [-0.15, -0.1) is 0 Å². The third-order valence-electron chi connectivity index (χ3n) is 11.2. The van der Waals surface area contributed by atoms with E-state index in [9.17, 15) is 28.9 Å². The van der Waals surface area contributed by atoms with Gasteiger partial charge in [0.25, 0.3) is 0 Å². The van der Waals surface area contributed by atoms with Crippen molar-refractivity contribution in [3.8, 4) is 0 Å². The molecule has 11 nitrogen and oxygen atoms in total. The second-order valence-electron chi connectivity index (χ2n) is 18.0. The van der Waals surface area contributed by atoms with Gasteiger partial charge in [-0.05, 0) is 122 Å². The molecule has 0 aromatic carbocycles. The summed E-state index contributed by atoms with van der Waals surface area (Å²) in [5.74, 6) is -1.56. The van der Waals surface area contributed by atoms with Gasteiger partial charge in [-0.25, -0.2) is 4.57 Å². The average molecular weight is 1030 g/mol. The average Bonchev–Trinajstić information content (AvgIpc) is 3.37. The molecule has 0 saturated carbocycles. The van der Waals surface area contributed by atoms with Crippen LogP contribution >= 0.6 is 7.82 Å². The summed E-state index contributed by atoms with van der Waals surface area (Å²) in [5, 5.41) is 9.79. The van der Waals surface area contributed by atoms with Crippen LogP contribution in [0.1, 0.15) is 213 Å². The van der Waals surface area contributed by atoms with E-state index < -0.39 is 57.8 Å². The van der Waals surface area contributed by atoms with Gasteiger partial charge in [-0.1, -0.05) is 182 Å². The fraction of sp³-hybridized carbons (Fsp3) is 0.650. The predicted octanol–water partition coefficient (Wildman–Crippen LogP) is 16.2. The Hall–Kier alpha value is -3.86. The fourth-order valence-electron chi connectivity index (χ4n) is 6.98. The Morgan fingerprint density at radius 2 is 0.722 bits per heavy atom. The maximum atomic E-state index is 12.9. The van der Waals surface area contributed by atoms with E-state index in [0.717, 1.165) is 128 Å². The van der Waals surface area contributed by atoms with Crippen molar-refractivity contribution in [3.05, 3.63) is 109 Å². The molecule has 3 atom stereocenters. The normalized spacial score (nSPS) is 14.2. The number of carbonyl (C=O) groups is 3. The first kappa shape index (κ1) is 68.1. The van der Waals surface area contributed by atoms with E-state index in [1.165, 1.54) is 25.7 Å². The van der Waals surface area contributed by atoms with Gasteiger partial charge >= 0.3 is 25.7 Å². The van der Waals surface area contributed by atoms with Crippen molar-refractivity contribution in [2.45, 2.75) is 226 Å². The molecule has 0 rings (SSSR count). The van der Waals surface area contributed by atoms with E-state index in [1.807, 2.05) is 0 Å². The van der Waals surface area contributed by atoms with Crippen molar-refractivity contribution in [3.63, 3.8) is 0 Å². The van der Waals surface area contributed by atoms with Crippen molar-refractivity contribution in [1.29, 1.82) is 0 Å². The Bertz CT molecular complexity index is 1620. The lowest BCUT2D eigenvalue weighted by atomic mass is 10.1. The number of phosphoric acid groups is 1. The minimum atomic E-state index is -4.77. The highest BCUT2D eigenvalue weighted by atomic mass is 31.2. The molecule has 0 spiro atoms. The predicted molar refractivity (Wildman–Crippen MR) is 297 cm³/mol. The molecule has 12 heteroatoms. The Balaban J connectivity index is 4.84. The molecule has 0 aromatic rings. The van der Waals surface area contributed by atoms with Gasteiger partial charge in [0.2, 0.25) is 0 Å². The van der Waals surface area contributed by atoms with Crippen molar-refractivity contribution >= 4 is 25.7 Å².